The smallest absolute Gasteiger partial charge is 0.387 e. The quantitative estimate of drug-likeness (QED) is 0.0243. The number of amides is 1. The molecular formula is C71H132N2O6P+. The number of rotatable bonds is 62. The average Bonchev–Trinajstić information content (AvgIpc) is 3.42. The predicted molar refractivity (Wildman–Crippen MR) is 350 cm³/mol. The van der Waals surface area contributed by atoms with Crippen LogP contribution in [-0.2, 0) is 18.4 Å². The zero-order chi connectivity index (χ0) is 58.4. The van der Waals surface area contributed by atoms with Gasteiger partial charge in [0, 0.05) is 6.42 Å². The lowest BCUT2D eigenvalue weighted by atomic mass is 10.0. The minimum Gasteiger partial charge on any atom is -0.387 e. The van der Waals surface area contributed by atoms with Crippen molar-refractivity contribution in [3.05, 3.63) is 85.1 Å². The third-order valence-corrected chi connectivity index (χ3v) is 16.1. The highest BCUT2D eigenvalue weighted by Crippen LogP contribution is 2.43. The lowest BCUT2D eigenvalue weighted by Crippen LogP contribution is -2.45. The normalized spacial score (nSPS) is 14.2. The Kier molecular flexibility index (Phi) is 59.5. The summed E-state index contributed by atoms with van der Waals surface area (Å²) in [5.74, 6) is -0.185. The summed E-state index contributed by atoms with van der Waals surface area (Å²) in [5.41, 5.74) is 0. The molecule has 0 aromatic heterocycles. The van der Waals surface area contributed by atoms with Crippen molar-refractivity contribution in [2.24, 2.45) is 0 Å². The summed E-state index contributed by atoms with van der Waals surface area (Å²) >= 11 is 0. The Hall–Kier alpha value is -2.32. The molecule has 0 heterocycles. The third kappa shape index (κ3) is 63.3. The van der Waals surface area contributed by atoms with E-state index in [4.69, 9.17) is 9.05 Å². The second kappa shape index (κ2) is 61.2. The Morgan fingerprint density at radius 2 is 0.750 bits per heavy atom. The molecular weight excluding hydrogens is 1010 g/mol. The number of phosphoric ester groups is 1. The lowest BCUT2D eigenvalue weighted by molar-refractivity contribution is -0.870. The number of nitrogens with zero attached hydrogens (tertiary/aromatic N) is 1. The minimum atomic E-state index is -4.36. The predicted octanol–water partition coefficient (Wildman–Crippen LogP) is 21.5. The number of carbonyl (C=O) groups is 1. The monoisotopic (exact) mass is 1140 g/mol. The number of unbranched alkanes of at least 4 members (excludes halogenated alkanes) is 37. The van der Waals surface area contributed by atoms with E-state index in [0.717, 1.165) is 83.5 Å². The van der Waals surface area contributed by atoms with Crippen LogP contribution in [0.5, 0.6) is 0 Å². The van der Waals surface area contributed by atoms with Crippen molar-refractivity contribution in [2.75, 3.05) is 40.9 Å². The van der Waals surface area contributed by atoms with Gasteiger partial charge >= 0.3 is 7.82 Å². The highest BCUT2D eigenvalue weighted by molar-refractivity contribution is 7.47. The number of allylic oxidation sites excluding steroid dienone is 13. The lowest BCUT2D eigenvalue weighted by Gasteiger charge is -2.25. The van der Waals surface area contributed by atoms with Gasteiger partial charge in [0.05, 0.1) is 39.9 Å². The number of nitrogens with one attached hydrogen (secondary N) is 1. The fourth-order valence-electron chi connectivity index (χ4n) is 9.87. The van der Waals surface area contributed by atoms with Crippen LogP contribution in [0.25, 0.3) is 0 Å². The zero-order valence-corrected chi connectivity index (χ0v) is 54.2. The molecule has 80 heavy (non-hydrogen) atoms. The van der Waals surface area contributed by atoms with Crippen molar-refractivity contribution in [1.82, 2.24) is 5.32 Å². The van der Waals surface area contributed by atoms with E-state index >= 15 is 0 Å². The molecule has 0 aromatic carbocycles. The van der Waals surface area contributed by atoms with Gasteiger partial charge in [0.15, 0.2) is 0 Å². The number of hydrogen-bond acceptors (Lipinski definition) is 5. The first-order valence-corrected chi connectivity index (χ1v) is 35.5. The topological polar surface area (TPSA) is 105 Å². The molecule has 466 valence electrons. The number of carbonyl (C=O) groups excluding carboxylic acids is 1. The summed E-state index contributed by atoms with van der Waals surface area (Å²) in [6.45, 7) is 4.72. The van der Waals surface area contributed by atoms with Crippen LogP contribution in [-0.4, -0.2) is 73.4 Å². The van der Waals surface area contributed by atoms with Gasteiger partial charge < -0.3 is 19.8 Å². The van der Waals surface area contributed by atoms with Crippen LogP contribution in [0.15, 0.2) is 85.1 Å². The van der Waals surface area contributed by atoms with E-state index in [0.29, 0.717) is 17.4 Å². The standard InChI is InChI=1S/C71H131N2O6P/c1-6-8-10-12-14-16-18-20-22-24-26-28-30-32-34-35-36-37-39-40-42-44-46-48-50-52-54-56-58-60-62-64-70(74)69(68-79-80(76,77)78-67-66-73(3,4)5)72-71(75)65-63-61-59-57-55-53-51-49-47-45-43-41-38-33-31-29-27-25-23-21-19-17-15-13-11-9-7-2/h9,11,15,17,21,23,27,29,33,38,43,45,62,64,69-70,74H,6-8,10,12-14,16,18-20,22,24-26,28,30-32,34-37,39-42,44,46-61,63,65-68H2,1-5H3,(H-,72,75,76,77)/p+1/b11-9-,17-15-,23-21-,29-27-,38-33-,45-43-,64-62+. The Bertz CT molecular complexity index is 1580. The average molecular weight is 1140 g/mol. The summed E-state index contributed by atoms with van der Waals surface area (Å²) in [6.07, 6.45) is 87.2. The second-order valence-electron chi connectivity index (χ2n) is 24.2. The molecule has 9 heteroatoms. The van der Waals surface area contributed by atoms with Crippen LogP contribution >= 0.6 is 7.82 Å². The molecule has 3 unspecified atom stereocenters. The highest BCUT2D eigenvalue weighted by Gasteiger charge is 2.28. The molecule has 0 rings (SSSR count). The van der Waals surface area contributed by atoms with Crippen molar-refractivity contribution in [2.45, 2.75) is 321 Å². The van der Waals surface area contributed by atoms with Crippen LogP contribution < -0.4 is 5.32 Å². The van der Waals surface area contributed by atoms with Gasteiger partial charge in [0.1, 0.15) is 13.2 Å². The van der Waals surface area contributed by atoms with Crippen LogP contribution in [0.4, 0.5) is 0 Å². The van der Waals surface area contributed by atoms with Gasteiger partial charge in [-0.15, -0.1) is 0 Å². The summed E-state index contributed by atoms with van der Waals surface area (Å²) < 4.78 is 23.8. The second-order valence-corrected chi connectivity index (χ2v) is 25.6. The number of likely N-dealkylation sites (N-methyl/N-ethyl adjacent to an activating group) is 1. The zero-order valence-electron chi connectivity index (χ0n) is 53.3. The molecule has 0 saturated heterocycles. The highest BCUT2D eigenvalue weighted by atomic mass is 31.2. The molecule has 1 amide bonds. The molecule has 0 spiro atoms. The van der Waals surface area contributed by atoms with Crippen molar-refractivity contribution < 1.29 is 32.9 Å². The van der Waals surface area contributed by atoms with Gasteiger partial charge in [-0.05, 0) is 70.6 Å². The van der Waals surface area contributed by atoms with Crippen LogP contribution in [0.3, 0.4) is 0 Å². The third-order valence-electron chi connectivity index (χ3n) is 15.1. The SMILES string of the molecule is CC/C=C\C/C=C\C/C=C\C/C=C\C/C=C\C/C=C\CCCCCCCCCCC(=O)NC(COP(=O)(O)OCC[N+](C)(C)C)C(O)/C=C/CCCCCCCCCCCCCCCCCCCCCCCCCCCCCCC. The van der Waals surface area contributed by atoms with Gasteiger partial charge in [-0.25, -0.2) is 4.57 Å². The molecule has 0 aliphatic carbocycles. The fraction of sp³-hybridized carbons (Fsp3) is 0.789. The van der Waals surface area contributed by atoms with Crippen LogP contribution in [0.2, 0.25) is 0 Å². The maximum atomic E-state index is 13.0. The molecule has 8 nitrogen and oxygen atoms in total. The van der Waals surface area contributed by atoms with E-state index in [1.54, 1.807) is 6.08 Å². The van der Waals surface area contributed by atoms with Crippen LogP contribution in [0, 0.1) is 0 Å². The molecule has 0 aromatic rings. The molecule has 3 N–H and O–H groups in total. The maximum absolute atomic E-state index is 13.0. The van der Waals surface area contributed by atoms with Crippen LogP contribution in [0.1, 0.15) is 309 Å². The number of phosphoric acid groups is 1. The Morgan fingerprint density at radius 3 is 1.10 bits per heavy atom. The number of aliphatic hydroxyl groups is 1. The summed E-state index contributed by atoms with van der Waals surface area (Å²) in [5, 5.41) is 14.0. The van der Waals surface area contributed by atoms with E-state index in [1.807, 2.05) is 27.2 Å². The number of hydrogen-bond donors (Lipinski definition) is 3. The van der Waals surface area contributed by atoms with Gasteiger partial charge in [0.2, 0.25) is 5.91 Å². The van der Waals surface area contributed by atoms with E-state index in [2.05, 4.69) is 92.1 Å². The first-order valence-electron chi connectivity index (χ1n) is 34.0. The molecule has 0 bridgehead atoms. The largest absolute Gasteiger partial charge is 0.472 e. The first-order chi connectivity index (χ1) is 39.0. The number of aliphatic hydroxyl groups excluding tert-OH is 1. The fourth-order valence-corrected chi connectivity index (χ4v) is 10.6. The van der Waals surface area contributed by atoms with Gasteiger partial charge in [0.25, 0.3) is 0 Å². The Balaban J connectivity index is 4.13. The molecule has 0 aliphatic heterocycles. The minimum absolute atomic E-state index is 0.0563. The molecule has 3 atom stereocenters. The summed E-state index contributed by atoms with van der Waals surface area (Å²) in [4.78, 5) is 23.4. The summed E-state index contributed by atoms with van der Waals surface area (Å²) in [7, 11) is 1.56. The van der Waals surface area contributed by atoms with E-state index in [1.165, 1.54) is 205 Å². The maximum Gasteiger partial charge on any atom is 0.472 e. The van der Waals surface area contributed by atoms with Crippen molar-refractivity contribution in [3.63, 3.8) is 0 Å². The van der Waals surface area contributed by atoms with E-state index in [9.17, 15) is 19.4 Å². The van der Waals surface area contributed by atoms with Gasteiger partial charge in [-0.1, -0.05) is 317 Å². The van der Waals surface area contributed by atoms with Gasteiger partial charge in [-0.3, -0.25) is 13.8 Å². The first kappa shape index (κ1) is 77.7. The molecule has 0 radical (unpaired) electrons. The van der Waals surface area contributed by atoms with Crippen molar-refractivity contribution in [3.8, 4) is 0 Å². The van der Waals surface area contributed by atoms with Gasteiger partial charge in [-0.2, -0.15) is 0 Å². The molecule has 0 saturated carbocycles. The molecule has 0 aliphatic rings. The number of quaternary nitrogens is 1. The van der Waals surface area contributed by atoms with E-state index < -0.39 is 20.0 Å². The Labute approximate surface area is 497 Å². The summed E-state index contributed by atoms with van der Waals surface area (Å²) in [6, 6.07) is -0.859. The molecule has 0 fully saturated rings. The van der Waals surface area contributed by atoms with Crippen molar-refractivity contribution >= 4 is 13.7 Å². The van der Waals surface area contributed by atoms with Crippen molar-refractivity contribution in [1.29, 1.82) is 0 Å². The Morgan fingerprint density at radius 1 is 0.438 bits per heavy atom. The van der Waals surface area contributed by atoms with E-state index in [-0.39, 0.29) is 19.1 Å².